The fourth-order valence-corrected chi connectivity index (χ4v) is 5.25. The number of likely N-dealkylation sites (N-methyl/N-ethyl adjacent to an activating group) is 2. The summed E-state index contributed by atoms with van der Waals surface area (Å²) in [5.41, 5.74) is 2.65. The average molecular weight is 605 g/mol. The lowest BCUT2D eigenvalue weighted by Gasteiger charge is -2.18. The third kappa shape index (κ3) is 7.03. The van der Waals surface area contributed by atoms with Crippen LogP contribution in [0.25, 0.3) is 16.7 Å². The van der Waals surface area contributed by atoms with E-state index < -0.39 is 0 Å². The molecule has 4 rings (SSSR count). The van der Waals surface area contributed by atoms with Gasteiger partial charge in [0.1, 0.15) is 16.9 Å². The number of carbonyl (C=O) groups excluding carboxylic acids is 1. The molecular formula is C28H32Cl3N7O2. The van der Waals surface area contributed by atoms with Crippen LogP contribution in [0.5, 0.6) is 0 Å². The molecule has 2 N–H and O–H groups in total. The van der Waals surface area contributed by atoms with Crippen molar-refractivity contribution in [1.29, 1.82) is 0 Å². The van der Waals surface area contributed by atoms with Gasteiger partial charge in [-0.1, -0.05) is 60.8 Å². The lowest BCUT2D eigenvalue weighted by atomic mass is 10.1. The molecule has 2 aromatic heterocycles. The molecule has 0 bridgehead atoms. The van der Waals surface area contributed by atoms with Crippen molar-refractivity contribution >= 4 is 57.4 Å². The number of rotatable bonds is 10. The van der Waals surface area contributed by atoms with Crippen LogP contribution in [0, 0.1) is 0 Å². The topological polar surface area (TPSA) is 99.2 Å². The van der Waals surface area contributed by atoms with Gasteiger partial charge < -0.3 is 15.2 Å². The standard InChI is InChI=1S/C28H32Cl3N7O2/c1-16(2)25-24-27(38(35-25)26-20(30)13-18(29)14-21(26)31)33-22(34-28(24)40)12-17-6-8-19(9-7-17)32-23(39)15-37(5)11-10-36(3)4/h6-9,13-14,16H,10-12,15H2,1-5H3,(H,32,39)(H,33,34,40). The number of aromatic nitrogens is 4. The Hall–Kier alpha value is -2.95. The summed E-state index contributed by atoms with van der Waals surface area (Å²) in [6.45, 7) is 5.87. The lowest BCUT2D eigenvalue weighted by Crippen LogP contribution is -2.34. The molecule has 0 atom stereocenters. The summed E-state index contributed by atoms with van der Waals surface area (Å²) < 4.78 is 1.51. The van der Waals surface area contributed by atoms with Crippen molar-refractivity contribution in [2.45, 2.75) is 26.2 Å². The second-order valence-corrected chi connectivity index (χ2v) is 11.6. The average Bonchev–Trinajstić information content (AvgIpc) is 3.23. The number of nitrogens with zero attached hydrogens (tertiary/aromatic N) is 5. The second-order valence-electron chi connectivity index (χ2n) is 10.3. The van der Waals surface area contributed by atoms with Gasteiger partial charge in [0.2, 0.25) is 5.91 Å². The van der Waals surface area contributed by atoms with Crippen molar-refractivity contribution in [2.75, 3.05) is 46.1 Å². The smallest absolute Gasteiger partial charge is 0.262 e. The Balaban J connectivity index is 1.58. The van der Waals surface area contributed by atoms with Crippen LogP contribution in [0.3, 0.4) is 0 Å². The van der Waals surface area contributed by atoms with Crippen molar-refractivity contribution < 1.29 is 4.79 Å². The summed E-state index contributed by atoms with van der Waals surface area (Å²) in [5.74, 6) is 0.325. The number of H-pyrrole nitrogens is 1. The molecule has 0 radical (unpaired) electrons. The number of halogens is 3. The Kier molecular flexibility index (Phi) is 9.53. The van der Waals surface area contributed by atoms with Gasteiger partial charge in [0.25, 0.3) is 5.56 Å². The molecule has 4 aromatic rings. The maximum absolute atomic E-state index is 13.2. The van der Waals surface area contributed by atoms with Crippen LogP contribution >= 0.6 is 34.8 Å². The van der Waals surface area contributed by atoms with E-state index in [2.05, 4.69) is 20.3 Å². The number of carbonyl (C=O) groups is 1. The van der Waals surface area contributed by atoms with Crippen LogP contribution in [0.1, 0.15) is 36.8 Å². The highest BCUT2D eigenvalue weighted by Crippen LogP contribution is 2.34. The highest BCUT2D eigenvalue weighted by molar-refractivity contribution is 6.40. The Morgan fingerprint density at radius 1 is 1.05 bits per heavy atom. The maximum Gasteiger partial charge on any atom is 0.262 e. The minimum Gasteiger partial charge on any atom is -0.325 e. The highest BCUT2D eigenvalue weighted by Gasteiger charge is 2.23. The molecule has 212 valence electrons. The predicted octanol–water partition coefficient (Wildman–Crippen LogP) is 5.22. The van der Waals surface area contributed by atoms with Crippen molar-refractivity contribution in [2.24, 2.45) is 0 Å². The molecule has 0 spiro atoms. The maximum atomic E-state index is 13.2. The van der Waals surface area contributed by atoms with Crippen molar-refractivity contribution in [1.82, 2.24) is 29.5 Å². The molecule has 40 heavy (non-hydrogen) atoms. The van der Waals surface area contributed by atoms with Gasteiger partial charge in [0.05, 0.1) is 22.3 Å². The first-order valence-electron chi connectivity index (χ1n) is 12.8. The van der Waals surface area contributed by atoms with Crippen LogP contribution in [0.15, 0.2) is 41.2 Å². The number of anilines is 1. The van der Waals surface area contributed by atoms with Gasteiger partial charge in [-0.2, -0.15) is 5.10 Å². The molecule has 0 fully saturated rings. The summed E-state index contributed by atoms with van der Waals surface area (Å²) in [6.07, 6.45) is 0.358. The summed E-state index contributed by atoms with van der Waals surface area (Å²) in [6, 6.07) is 10.6. The SMILES string of the molecule is CC(C)c1nn(-c2c(Cl)cc(Cl)cc2Cl)c2nc(Cc3ccc(NC(=O)CN(C)CCN(C)C)cc3)[nH]c(=O)c12. The Bertz CT molecular complexity index is 1560. The number of aromatic amines is 1. The van der Waals surface area contributed by atoms with Gasteiger partial charge in [-0.15, -0.1) is 0 Å². The molecule has 2 heterocycles. The van der Waals surface area contributed by atoms with Gasteiger partial charge in [-0.05, 0) is 56.9 Å². The molecule has 0 saturated carbocycles. The third-order valence-electron chi connectivity index (χ3n) is 6.31. The predicted molar refractivity (Wildman–Crippen MR) is 163 cm³/mol. The zero-order valence-electron chi connectivity index (χ0n) is 23.1. The number of hydrogen-bond donors (Lipinski definition) is 2. The molecule has 2 aromatic carbocycles. The first kappa shape index (κ1) is 30.0. The zero-order chi connectivity index (χ0) is 29.1. The molecule has 12 heteroatoms. The van der Waals surface area contributed by atoms with Crippen molar-refractivity contribution in [3.63, 3.8) is 0 Å². The Labute approximate surface area is 248 Å². The fourth-order valence-electron chi connectivity index (χ4n) is 4.27. The number of nitrogens with one attached hydrogen (secondary N) is 2. The van der Waals surface area contributed by atoms with E-state index in [1.807, 2.05) is 64.2 Å². The molecule has 0 aliphatic heterocycles. The van der Waals surface area contributed by atoms with Crippen LogP contribution in [-0.2, 0) is 11.2 Å². The van der Waals surface area contributed by atoms with E-state index in [1.165, 1.54) is 4.68 Å². The van der Waals surface area contributed by atoms with Gasteiger partial charge >= 0.3 is 0 Å². The van der Waals surface area contributed by atoms with Crippen molar-refractivity contribution in [3.05, 3.63) is 78.9 Å². The quantitative estimate of drug-likeness (QED) is 0.258. The monoisotopic (exact) mass is 603 g/mol. The number of hydrogen-bond acceptors (Lipinski definition) is 6. The minimum atomic E-state index is -0.293. The minimum absolute atomic E-state index is 0.0436. The van der Waals surface area contributed by atoms with E-state index in [9.17, 15) is 9.59 Å². The summed E-state index contributed by atoms with van der Waals surface area (Å²) in [7, 11) is 5.92. The first-order valence-corrected chi connectivity index (χ1v) is 13.9. The molecule has 0 saturated heterocycles. The fraction of sp³-hybridized carbons (Fsp3) is 0.357. The second kappa shape index (κ2) is 12.7. The zero-order valence-corrected chi connectivity index (χ0v) is 25.3. The largest absolute Gasteiger partial charge is 0.325 e. The van der Waals surface area contributed by atoms with E-state index in [1.54, 1.807) is 12.1 Å². The Morgan fingerprint density at radius 2 is 1.70 bits per heavy atom. The Morgan fingerprint density at radius 3 is 2.30 bits per heavy atom. The van der Waals surface area contributed by atoms with Crippen LogP contribution in [-0.4, -0.2) is 76.2 Å². The molecule has 0 aliphatic carbocycles. The first-order chi connectivity index (χ1) is 18.9. The van der Waals surface area contributed by atoms with Crippen molar-refractivity contribution in [3.8, 4) is 5.69 Å². The third-order valence-corrected chi connectivity index (χ3v) is 7.10. The van der Waals surface area contributed by atoms with Gasteiger partial charge in [-0.25, -0.2) is 9.67 Å². The van der Waals surface area contributed by atoms with Gasteiger partial charge in [0.15, 0.2) is 5.65 Å². The van der Waals surface area contributed by atoms with Crippen LogP contribution < -0.4 is 10.9 Å². The van der Waals surface area contributed by atoms with E-state index in [0.29, 0.717) is 62.0 Å². The van der Waals surface area contributed by atoms with Crippen LogP contribution in [0.2, 0.25) is 15.1 Å². The summed E-state index contributed by atoms with van der Waals surface area (Å²) >= 11 is 19.1. The van der Waals surface area contributed by atoms with E-state index in [0.717, 1.165) is 18.7 Å². The molecule has 1 amide bonds. The van der Waals surface area contributed by atoms with Crippen LogP contribution in [0.4, 0.5) is 5.69 Å². The molecule has 0 unspecified atom stereocenters. The number of fused-ring (bicyclic) bond motifs is 1. The van der Waals surface area contributed by atoms with Gasteiger partial charge in [0, 0.05) is 30.2 Å². The normalized spacial score (nSPS) is 11.8. The van der Waals surface area contributed by atoms with Gasteiger partial charge in [-0.3, -0.25) is 14.5 Å². The van der Waals surface area contributed by atoms with E-state index in [4.69, 9.17) is 39.8 Å². The number of amides is 1. The van der Waals surface area contributed by atoms with E-state index in [-0.39, 0.29) is 17.4 Å². The molecule has 9 nitrogen and oxygen atoms in total. The molecule has 0 aliphatic rings. The molecular weight excluding hydrogens is 573 g/mol. The summed E-state index contributed by atoms with van der Waals surface area (Å²) in [4.78, 5) is 37.4. The lowest BCUT2D eigenvalue weighted by molar-refractivity contribution is -0.117. The van der Waals surface area contributed by atoms with E-state index >= 15 is 0 Å². The number of benzene rings is 2. The highest BCUT2D eigenvalue weighted by atomic mass is 35.5. The summed E-state index contributed by atoms with van der Waals surface area (Å²) in [5, 5.41) is 8.96.